The Bertz CT molecular complexity index is 650. The van der Waals surface area contributed by atoms with Crippen LogP contribution in [0.15, 0.2) is 24.3 Å². The number of piperidine rings is 1. The fourth-order valence-corrected chi connectivity index (χ4v) is 3.51. The summed E-state index contributed by atoms with van der Waals surface area (Å²) in [5.74, 6) is 1.71. The molecule has 0 radical (unpaired) electrons. The van der Waals surface area contributed by atoms with Crippen molar-refractivity contribution >= 4 is 11.9 Å². The first-order valence-electron chi connectivity index (χ1n) is 10.1. The fourth-order valence-electron chi connectivity index (χ4n) is 3.51. The molecule has 1 aromatic rings. The predicted molar refractivity (Wildman–Crippen MR) is 105 cm³/mol. The van der Waals surface area contributed by atoms with Gasteiger partial charge in [0.2, 0.25) is 5.91 Å². The van der Waals surface area contributed by atoms with E-state index in [4.69, 9.17) is 4.74 Å². The summed E-state index contributed by atoms with van der Waals surface area (Å²) in [4.78, 5) is 28.0. The number of carbonyl (C=O) groups excluding carboxylic acids is 2. The number of hydrogen-bond donors (Lipinski definition) is 1. The lowest BCUT2D eigenvalue weighted by atomic mass is 9.99. The van der Waals surface area contributed by atoms with Crippen molar-refractivity contribution in [3.63, 3.8) is 0 Å². The number of urea groups is 1. The van der Waals surface area contributed by atoms with Gasteiger partial charge in [0.25, 0.3) is 0 Å². The SMILES string of the molecule is CCc1cccc(OC2CN(C(=O)NCCC(=O)N3CCC(C)CC3)C2)c1. The molecule has 2 fully saturated rings. The van der Waals surface area contributed by atoms with Gasteiger partial charge < -0.3 is 19.9 Å². The van der Waals surface area contributed by atoms with Gasteiger partial charge in [0.1, 0.15) is 11.9 Å². The van der Waals surface area contributed by atoms with Crippen molar-refractivity contribution in [3.05, 3.63) is 29.8 Å². The monoisotopic (exact) mass is 373 g/mol. The van der Waals surface area contributed by atoms with Crippen LogP contribution >= 0.6 is 0 Å². The van der Waals surface area contributed by atoms with Crippen LogP contribution in [0.5, 0.6) is 5.75 Å². The third-order valence-electron chi connectivity index (χ3n) is 5.50. The van der Waals surface area contributed by atoms with Crippen molar-refractivity contribution in [3.8, 4) is 5.75 Å². The second kappa shape index (κ2) is 9.11. The molecule has 2 heterocycles. The number of ether oxygens (including phenoxy) is 1. The van der Waals surface area contributed by atoms with Gasteiger partial charge in [-0.2, -0.15) is 0 Å². The maximum atomic E-state index is 12.2. The molecule has 6 heteroatoms. The lowest BCUT2D eigenvalue weighted by molar-refractivity contribution is -0.132. The van der Waals surface area contributed by atoms with Gasteiger partial charge in [0, 0.05) is 26.1 Å². The summed E-state index contributed by atoms with van der Waals surface area (Å²) in [6, 6.07) is 7.97. The summed E-state index contributed by atoms with van der Waals surface area (Å²) in [5.41, 5.74) is 1.24. The predicted octanol–water partition coefficient (Wildman–Crippen LogP) is 2.67. The van der Waals surface area contributed by atoms with Crippen LogP contribution in [0.25, 0.3) is 0 Å². The van der Waals surface area contributed by atoms with Crippen LogP contribution < -0.4 is 10.1 Å². The van der Waals surface area contributed by atoms with Crippen LogP contribution in [0.2, 0.25) is 0 Å². The van der Waals surface area contributed by atoms with Crippen molar-refractivity contribution in [2.45, 2.75) is 45.6 Å². The number of rotatable bonds is 6. The van der Waals surface area contributed by atoms with E-state index < -0.39 is 0 Å². The minimum absolute atomic E-state index is 0.0415. The van der Waals surface area contributed by atoms with Gasteiger partial charge in [-0.25, -0.2) is 4.79 Å². The Morgan fingerprint density at radius 3 is 2.63 bits per heavy atom. The van der Waals surface area contributed by atoms with Crippen molar-refractivity contribution < 1.29 is 14.3 Å². The molecule has 3 rings (SSSR count). The largest absolute Gasteiger partial charge is 0.487 e. The van der Waals surface area contributed by atoms with Crippen LogP contribution in [-0.2, 0) is 11.2 Å². The molecule has 0 aliphatic carbocycles. The highest BCUT2D eigenvalue weighted by Gasteiger charge is 2.32. The van der Waals surface area contributed by atoms with Gasteiger partial charge in [0.05, 0.1) is 13.1 Å². The maximum absolute atomic E-state index is 12.2. The number of carbonyl (C=O) groups is 2. The Labute approximate surface area is 161 Å². The van der Waals surface area contributed by atoms with Gasteiger partial charge in [-0.1, -0.05) is 26.0 Å². The Morgan fingerprint density at radius 2 is 1.93 bits per heavy atom. The molecule has 3 amide bonds. The second-order valence-corrected chi connectivity index (χ2v) is 7.69. The highest BCUT2D eigenvalue weighted by molar-refractivity contribution is 5.78. The summed E-state index contributed by atoms with van der Waals surface area (Å²) < 4.78 is 5.92. The van der Waals surface area contributed by atoms with Gasteiger partial charge in [-0.3, -0.25) is 4.79 Å². The minimum Gasteiger partial charge on any atom is -0.487 e. The molecular formula is C21H31N3O3. The number of hydrogen-bond acceptors (Lipinski definition) is 3. The van der Waals surface area contributed by atoms with E-state index in [-0.39, 0.29) is 18.0 Å². The molecule has 0 bridgehead atoms. The molecule has 6 nitrogen and oxygen atoms in total. The average Bonchev–Trinajstić information content (AvgIpc) is 2.64. The smallest absolute Gasteiger partial charge is 0.317 e. The number of nitrogens with one attached hydrogen (secondary N) is 1. The van der Waals surface area contributed by atoms with Crippen molar-refractivity contribution in [2.24, 2.45) is 5.92 Å². The van der Waals surface area contributed by atoms with E-state index in [1.807, 2.05) is 17.0 Å². The molecule has 2 aliphatic heterocycles. The molecule has 27 heavy (non-hydrogen) atoms. The minimum atomic E-state index is -0.114. The van der Waals surface area contributed by atoms with Gasteiger partial charge >= 0.3 is 6.03 Å². The van der Waals surface area contributed by atoms with E-state index in [9.17, 15) is 9.59 Å². The third kappa shape index (κ3) is 5.37. The highest BCUT2D eigenvalue weighted by Crippen LogP contribution is 2.20. The quantitative estimate of drug-likeness (QED) is 0.834. The normalized spacial score (nSPS) is 18.1. The Balaban J connectivity index is 1.31. The van der Waals surface area contributed by atoms with Gasteiger partial charge in [0.15, 0.2) is 0 Å². The molecule has 0 aromatic heterocycles. The molecular weight excluding hydrogens is 342 g/mol. The Hall–Kier alpha value is -2.24. The van der Waals surface area contributed by atoms with E-state index in [0.29, 0.717) is 32.0 Å². The summed E-state index contributed by atoms with van der Waals surface area (Å²) in [6.07, 6.45) is 3.55. The zero-order chi connectivity index (χ0) is 19.2. The molecule has 0 spiro atoms. The van der Waals surface area contributed by atoms with Crippen LogP contribution in [-0.4, -0.2) is 60.6 Å². The third-order valence-corrected chi connectivity index (χ3v) is 5.50. The summed E-state index contributed by atoms with van der Waals surface area (Å²) in [7, 11) is 0. The first kappa shape index (κ1) is 19.5. The van der Waals surface area contributed by atoms with Gasteiger partial charge in [-0.15, -0.1) is 0 Å². The number of nitrogens with zero attached hydrogens (tertiary/aromatic N) is 2. The van der Waals surface area contributed by atoms with Crippen LogP contribution in [0.4, 0.5) is 4.79 Å². The standard InChI is InChI=1S/C21H31N3O3/c1-3-17-5-4-6-18(13-17)27-19-14-24(15-19)21(26)22-10-7-20(25)23-11-8-16(2)9-12-23/h4-6,13,16,19H,3,7-12,14-15H2,1-2H3,(H,22,26). The van der Waals surface area contributed by atoms with E-state index in [2.05, 4.69) is 31.3 Å². The average molecular weight is 373 g/mol. The molecule has 0 atom stereocenters. The summed E-state index contributed by atoms with van der Waals surface area (Å²) in [6.45, 7) is 7.60. The zero-order valence-corrected chi connectivity index (χ0v) is 16.4. The molecule has 1 aromatic carbocycles. The number of amides is 3. The van der Waals surface area contributed by atoms with Crippen LogP contribution in [0.1, 0.15) is 38.7 Å². The molecule has 1 N–H and O–H groups in total. The first-order chi connectivity index (χ1) is 13.0. The maximum Gasteiger partial charge on any atom is 0.317 e. The fraction of sp³-hybridized carbons (Fsp3) is 0.619. The van der Waals surface area contributed by atoms with E-state index in [0.717, 1.165) is 38.1 Å². The molecule has 0 unspecified atom stereocenters. The zero-order valence-electron chi connectivity index (χ0n) is 16.4. The highest BCUT2D eigenvalue weighted by atomic mass is 16.5. The van der Waals surface area contributed by atoms with E-state index in [1.165, 1.54) is 5.56 Å². The lowest BCUT2D eigenvalue weighted by Crippen LogP contribution is -2.59. The van der Waals surface area contributed by atoms with Crippen molar-refractivity contribution in [1.82, 2.24) is 15.1 Å². The van der Waals surface area contributed by atoms with E-state index >= 15 is 0 Å². The number of aryl methyl sites for hydroxylation is 1. The Morgan fingerprint density at radius 1 is 1.19 bits per heavy atom. The molecule has 2 saturated heterocycles. The molecule has 2 aliphatic rings. The number of benzene rings is 1. The van der Waals surface area contributed by atoms with Gasteiger partial charge in [-0.05, 0) is 42.9 Å². The first-order valence-corrected chi connectivity index (χ1v) is 10.1. The number of likely N-dealkylation sites (tertiary alicyclic amines) is 2. The second-order valence-electron chi connectivity index (χ2n) is 7.69. The van der Waals surface area contributed by atoms with Crippen LogP contribution in [0, 0.1) is 5.92 Å². The lowest BCUT2D eigenvalue weighted by Gasteiger charge is -2.38. The van der Waals surface area contributed by atoms with Crippen molar-refractivity contribution in [1.29, 1.82) is 0 Å². The van der Waals surface area contributed by atoms with Crippen molar-refractivity contribution in [2.75, 3.05) is 32.7 Å². The van der Waals surface area contributed by atoms with Crippen LogP contribution in [0.3, 0.4) is 0 Å². The summed E-state index contributed by atoms with van der Waals surface area (Å²) in [5, 5.41) is 2.85. The van der Waals surface area contributed by atoms with E-state index in [1.54, 1.807) is 4.90 Å². The molecule has 148 valence electrons. The molecule has 0 saturated carbocycles. The summed E-state index contributed by atoms with van der Waals surface area (Å²) >= 11 is 0. The topological polar surface area (TPSA) is 61.9 Å². The Kier molecular flexibility index (Phi) is 6.58.